The van der Waals surface area contributed by atoms with E-state index in [-0.39, 0.29) is 16.6 Å². The first-order valence-corrected chi connectivity index (χ1v) is 15.3. The van der Waals surface area contributed by atoms with Crippen molar-refractivity contribution in [2.45, 2.75) is 37.2 Å². The van der Waals surface area contributed by atoms with Crippen LogP contribution in [0.15, 0.2) is 59.5 Å². The van der Waals surface area contributed by atoms with Gasteiger partial charge in [-0.25, -0.2) is 23.5 Å². The zero-order valence-electron chi connectivity index (χ0n) is 25.2. The summed E-state index contributed by atoms with van der Waals surface area (Å²) in [5, 5.41) is 24.3. The molecule has 4 rings (SSSR count). The van der Waals surface area contributed by atoms with Crippen LogP contribution in [0, 0.1) is 18.8 Å². The van der Waals surface area contributed by atoms with Gasteiger partial charge in [0, 0.05) is 23.2 Å². The molecule has 1 aromatic heterocycles. The second-order valence-electron chi connectivity index (χ2n) is 10.5. The van der Waals surface area contributed by atoms with Crippen LogP contribution < -0.4 is 10.2 Å². The van der Waals surface area contributed by atoms with Crippen LogP contribution in [0.25, 0.3) is 10.9 Å². The minimum atomic E-state index is -5.08. The fourth-order valence-electron chi connectivity index (χ4n) is 4.54. The van der Waals surface area contributed by atoms with E-state index < -0.39 is 46.0 Å². The molecule has 0 radical (unpaired) electrons. The van der Waals surface area contributed by atoms with Crippen LogP contribution in [-0.2, 0) is 30.8 Å². The molecule has 1 saturated heterocycles. The number of sulfone groups is 1. The number of nitrogens with zero attached hydrogens (tertiary/aromatic N) is 2. The van der Waals surface area contributed by atoms with Crippen LogP contribution in [0.1, 0.15) is 17.7 Å². The molecule has 1 aliphatic heterocycles. The quantitative estimate of drug-likeness (QED) is 0.156. The molecule has 1 fully saturated rings. The smallest absolute Gasteiger partial charge is 0.489 e. The number of carboxylic acid groups (broad SMARTS) is 2. The molecule has 12 nitrogen and oxygen atoms in total. The Morgan fingerprint density at radius 3 is 2.04 bits per heavy atom. The molecule has 2 aromatic carbocycles. The number of carboxylic acids is 2. The molecule has 2 atom stereocenters. The minimum absolute atomic E-state index is 0.151. The second-order valence-corrected chi connectivity index (χ2v) is 12.5. The number of pyridine rings is 1. The summed E-state index contributed by atoms with van der Waals surface area (Å²) >= 11 is 0. The van der Waals surface area contributed by atoms with E-state index in [1.807, 2.05) is 49.2 Å². The van der Waals surface area contributed by atoms with E-state index in [1.165, 1.54) is 12.1 Å². The monoisotopic (exact) mass is 711 g/mol. The average Bonchev–Trinajstić information content (AvgIpc) is 3.00. The van der Waals surface area contributed by atoms with Gasteiger partial charge in [-0.1, -0.05) is 18.2 Å². The van der Waals surface area contributed by atoms with Crippen molar-refractivity contribution in [3.05, 3.63) is 65.9 Å². The normalized spacial score (nSPS) is 16.9. The third-order valence-electron chi connectivity index (χ3n) is 6.83. The van der Waals surface area contributed by atoms with Crippen LogP contribution in [0.5, 0.6) is 5.75 Å². The number of alkyl halides is 6. The molecule has 4 N–H and O–H groups in total. The predicted molar refractivity (Wildman–Crippen MR) is 156 cm³/mol. The van der Waals surface area contributed by atoms with E-state index in [0.717, 1.165) is 22.2 Å². The molecule has 264 valence electrons. The number of carbonyl (C=O) groups excluding carboxylic acids is 1. The largest absolute Gasteiger partial charge is 0.490 e. The topological polar surface area (TPSA) is 183 Å². The molecular weight excluding hydrogens is 680 g/mol. The van der Waals surface area contributed by atoms with E-state index in [1.54, 1.807) is 17.6 Å². The number of nitrogens with one attached hydrogen (secondary N) is 1. The van der Waals surface area contributed by atoms with E-state index in [2.05, 4.69) is 4.98 Å². The van der Waals surface area contributed by atoms with Crippen molar-refractivity contribution < 1.29 is 69.3 Å². The van der Waals surface area contributed by atoms with Gasteiger partial charge in [0.2, 0.25) is 5.91 Å². The maximum atomic E-state index is 13.1. The average molecular weight is 712 g/mol. The summed E-state index contributed by atoms with van der Waals surface area (Å²) in [6.07, 6.45) is -9.60. The predicted octanol–water partition coefficient (Wildman–Crippen LogP) is 4.24. The lowest BCUT2D eigenvalue weighted by molar-refractivity contribution is -0.193. The van der Waals surface area contributed by atoms with Crippen molar-refractivity contribution >= 4 is 38.6 Å². The highest BCUT2D eigenvalue weighted by Gasteiger charge is 2.39. The number of hydrogen-bond donors (Lipinski definition) is 4. The van der Waals surface area contributed by atoms with Gasteiger partial charge < -0.3 is 19.8 Å². The van der Waals surface area contributed by atoms with Crippen LogP contribution in [0.4, 0.5) is 26.3 Å². The molecule has 2 heterocycles. The van der Waals surface area contributed by atoms with E-state index in [4.69, 9.17) is 29.7 Å². The van der Waals surface area contributed by atoms with E-state index in [0.29, 0.717) is 31.9 Å². The zero-order chi connectivity index (χ0) is 36.4. The van der Waals surface area contributed by atoms with Gasteiger partial charge in [0.05, 0.1) is 22.1 Å². The third-order valence-corrected chi connectivity index (χ3v) is 8.69. The van der Waals surface area contributed by atoms with Gasteiger partial charge in [0.15, 0.2) is 9.84 Å². The number of aryl methyl sites for hydroxylation is 1. The Morgan fingerprint density at radius 2 is 1.52 bits per heavy atom. The number of para-hydroxylation sites is 1. The molecule has 1 amide bonds. The number of hydrogen-bond acceptors (Lipinski definition) is 9. The second kappa shape index (κ2) is 16.6. The maximum Gasteiger partial charge on any atom is 0.490 e. The van der Waals surface area contributed by atoms with Crippen LogP contribution in [0.2, 0.25) is 0 Å². The van der Waals surface area contributed by atoms with Gasteiger partial charge in [-0.2, -0.15) is 26.3 Å². The molecule has 1 aliphatic rings. The number of aromatic nitrogens is 1. The number of halogens is 6. The summed E-state index contributed by atoms with van der Waals surface area (Å²) in [5.74, 6) is -6.60. The lowest BCUT2D eigenvalue weighted by Gasteiger charge is -2.35. The first-order chi connectivity index (χ1) is 22.1. The number of ether oxygens (including phenoxy) is 1. The van der Waals surface area contributed by atoms with Crippen molar-refractivity contribution in [3.8, 4) is 5.75 Å². The Bertz CT molecular complexity index is 1660. The summed E-state index contributed by atoms with van der Waals surface area (Å²) < 4.78 is 95.5. The van der Waals surface area contributed by atoms with E-state index in [9.17, 15) is 39.6 Å². The number of carbonyl (C=O) groups is 3. The molecule has 19 heteroatoms. The van der Waals surface area contributed by atoms with Gasteiger partial charge in [-0.3, -0.25) is 15.0 Å². The van der Waals surface area contributed by atoms with Gasteiger partial charge in [-0.05, 0) is 69.3 Å². The van der Waals surface area contributed by atoms with Gasteiger partial charge >= 0.3 is 24.3 Å². The molecule has 0 unspecified atom stereocenters. The van der Waals surface area contributed by atoms with Crippen molar-refractivity contribution in [2.75, 3.05) is 25.9 Å². The highest BCUT2D eigenvalue weighted by molar-refractivity contribution is 7.91. The molecular formula is C29H31F6N3O9S. The molecule has 0 aliphatic carbocycles. The number of piperidine rings is 1. The summed E-state index contributed by atoms with van der Waals surface area (Å²) in [5.41, 5.74) is 4.50. The maximum absolute atomic E-state index is 13.1. The molecule has 0 bridgehead atoms. The molecule has 3 aromatic rings. The number of likely N-dealkylation sites (tertiary alicyclic amines) is 1. The van der Waals surface area contributed by atoms with Crippen molar-refractivity contribution in [3.63, 3.8) is 0 Å². The first-order valence-electron chi connectivity index (χ1n) is 13.7. The number of rotatable bonds is 7. The number of hydroxylamine groups is 1. The number of amides is 1. The Labute approximate surface area is 269 Å². The first kappa shape index (κ1) is 39.7. The van der Waals surface area contributed by atoms with Crippen LogP contribution in [-0.4, -0.2) is 89.8 Å². The van der Waals surface area contributed by atoms with Crippen molar-refractivity contribution in [2.24, 2.45) is 11.8 Å². The highest BCUT2D eigenvalue weighted by Crippen LogP contribution is 2.28. The Hall–Kier alpha value is -4.49. The highest BCUT2D eigenvalue weighted by atomic mass is 32.2. The summed E-state index contributed by atoms with van der Waals surface area (Å²) in [6.45, 7) is 3.38. The molecule has 0 saturated carbocycles. The SMILES string of the molecule is Cc1cc(COc2ccc(S(=O)(=O)C[C@@H]3CCN(C)C[C@@H]3C(=O)NO)cc2)c2ccccc2n1.O=C(O)C(F)(F)F.O=C(O)C(F)(F)F. The zero-order valence-corrected chi connectivity index (χ0v) is 26.1. The fourth-order valence-corrected chi connectivity index (χ4v) is 6.25. The number of aliphatic carboxylic acids is 2. The minimum Gasteiger partial charge on any atom is -0.489 e. The lowest BCUT2D eigenvalue weighted by Crippen LogP contribution is -2.47. The Kier molecular flexibility index (Phi) is 13.7. The van der Waals surface area contributed by atoms with Crippen LogP contribution >= 0.6 is 0 Å². The van der Waals surface area contributed by atoms with Gasteiger partial charge in [-0.15, -0.1) is 0 Å². The van der Waals surface area contributed by atoms with Crippen molar-refractivity contribution in [1.29, 1.82) is 0 Å². The Balaban J connectivity index is 0.000000479. The summed E-state index contributed by atoms with van der Waals surface area (Å²) in [7, 11) is -1.74. The molecule has 0 spiro atoms. The summed E-state index contributed by atoms with van der Waals surface area (Å²) in [6, 6.07) is 16.2. The lowest BCUT2D eigenvalue weighted by atomic mass is 9.86. The van der Waals surface area contributed by atoms with Gasteiger partial charge in [0.25, 0.3) is 0 Å². The fraction of sp³-hybridized carbons (Fsp3) is 0.379. The standard InChI is InChI=1S/C25H29N3O5S.2C2HF3O2/c1-17-13-19(22-5-3-4-6-24(22)26-17)15-33-20-7-9-21(10-8-20)34(31,32)16-18-11-12-28(2)14-23(18)25(29)27-30;2*3-2(4,5)1(6)7/h3-10,13,18,23,30H,11-12,14-16H2,1-2H3,(H,27,29);2*(H,6,7)/t18-,23-;;/m0../s1. The van der Waals surface area contributed by atoms with Gasteiger partial charge in [0.1, 0.15) is 12.4 Å². The van der Waals surface area contributed by atoms with E-state index >= 15 is 0 Å². The van der Waals surface area contributed by atoms with Crippen molar-refractivity contribution in [1.82, 2.24) is 15.4 Å². The Morgan fingerprint density at radius 1 is 0.979 bits per heavy atom. The van der Waals surface area contributed by atoms with Crippen LogP contribution in [0.3, 0.4) is 0 Å². The molecule has 48 heavy (non-hydrogen) atoms. The number of fused-ring (bicyclic) bond motifs is 1. The number of benzene rings is 2. The summed E-state index contributed by atoms with van der Waals surface area (Å²) in [4.78, 5) is 36.6. The third kappa shape index (κ3) is 11.9.